The average Bonchev–Trinajstić information content (AvgIpc) is 2.88. The van der Waals surface area contributed by atoms with Gasteiger partial charge in [-0.2, -0.15) is 0 Å². The Kier molecular flexibility index (Phi) is 7.23. The lowest BCUT2D eigenvalue weighted by Gasteiger charge is -2.30. The van der Waals surface area contributed by atoms with Crippen LogP contribution in [0.25, 0.3) is 10.9 Å². The van der Waals surface area contributed by atoms with E-state index in [-0.39, 0.29) is 6.04 Å². The molecule has 0 unspecified atom stereocenters. The number of benzene rings is 2. The summed E-state index contributed by atoms with van der Waals surface area (Å²) in [5, 5.41) is 8.20. The lowest BCUT2D eigenvalue weighted by molar-refractivity contribution is 0.181. The summed E-state index contributed by atoms with van der Waals surface area (Å²) >= 11 is 6.51. The smallest absolute Gasteiger partial charge is 0.145 e. The first-order valence-corrected chi connectivity index (χ1v) is 11.9. The van der Waals surface area contributed by atoms with Crippen LogP contribution in [-0.2, 0) is 6.61 Å². The third kappa shape index (κ3) is 5.79. The number of hydrogen-bond donors (Lipinski definition) is 2. The van der Waals surface area contributed by atoms with E-state index in [1.54, 1.807) is 6.20 Å². The highest BCUT2D eigenvalue weighted by Gasteiger charge is 2.18. The van der Waals surface area contributed by atoms with Gasteiger partial charge in [-0.3, -0.25) is 4.98 Å². The maximum absolute atomic E-state index is 6.51. The zero-order chi connectivity index (χ0) is 24.0. The molecule has 1 fully saturated rings. The van der Waals surface area contributed by atoms with Gasteiger partial charge in [0, 0.05) is 31.5 Å². The van der Waals surface area contributed by atoms with E-state index in [2.05, 4.69) is 37.5 Å². The molecule has 1 aliphatic rings. The Labute approximate surface area is 209 Å². The number of halogens is 1. The predicted molar refractivity (Wildman–Crippen MR) is 138 cm³/mol. The Balaban J connectivity index is 1.32. The number of rotatable bonds is 8. The molecule has 2 aromatic carbocycles. The molecule has 9 heteroatoms. The van der Waals surface area contributed by atoms with E-state index in [9.17, 15) is 0 Å². The summed E-state index contributed by atoms with van der Waals surface area (Å²) in [7, 11) is 2.13. The molecule has 0 radical (unpaired) electrons. The second-order valence-electron chi connectivity index (χ2n) is 8.48. The summed E-state index contributed by atoms with van der Waals surface area (Å²) in [6.07, 6.45) is 3.28. The van der Waals surface area contributed by atoms with Crippen molar-refractivity contribution in [1.82, 2.24) is 25.2 Å². The largest absolute Gasteiger partial charge is 0.491 e. The second kappa shape index (κ2) is 10.9. The predicted octanol–water partition coefficient (Wildman–Crippen LogP) is 4.28. The third-order valence-corrected chi connectivity index (χ3v) is 6.12. The van der Waals surface area contributed by atoms with Gasteiger partial charge in [-0.25, -0.2) is 9.97 Å². The van der Waals surface area contributed by atoms with E-state index < -0.39 is 0 Å². The van der Waals surface area contributed by atoms with Gasteiger partial charge in [-0.15, -0.1) is 0 Å². The van der Waals surface area contributed by atoms with Crippen LogP contribution < -0.4 is 20.1 Å². The van der Waals surface area contributed by atoms with Crippen molar-refractivity contribution in [2.24, 2.45) is 0 Å². The standard InChI is InChI=1S/C26H27ClN6O2/c1-33-12-11-29-20(14-33)16-35-24-7-4-6-22-25(24)26(31-17-30-22)32-18-8-9-23(21(27)13-18)34-15-19-5-2-3-10-28-19/h2-10,13,17,20,29H,11-12,14-16H2,1H3,(H,30,31,32)/t20-/m1/s1. The number of fused-ring (bicyclic) bond motifs is 1. The lowest BCUT2D eigenvalue weighted by Crippen LogP contribution is -2.51. The fourth-order valence-corrected chi connectivity index (χ4v) is 4.29. The van der Waals surface area contributed by atoms with Crippen LogP contribution in [-0.4, -0.2) is 59.2 Å². The Morgan fingerprint density at radius 1 is 1.06 bits per heavy atom. The zero-order valence-electron chi connectivity index (χ0n) is 19.4. The molecule has 35 heavy (non-hydrogen) atoms. The first-order valence-electron chi connectivity index (χ1n) is 11.5. The number of anilines is 2. The van der Waals surface area contributed by atoms with Crippen molar-refractivity contribution < 1.29 is 9.47 Å². The van der Waals surface area contributed by atoms with Crippen LogP contribution in [0.4, 0.5) is 11.5 Å². The maximum atomic E-state index is 6.51. The second-order valence-corrected chi connectivity index (χ2v) is 8.88. The van der Waals surface area contributed by atoms with Crippen molar-refractivity contribution in [3.63, 3.8) is 0 Å². The highest BCUT2D eigenvalue weighted by molar-refractivity contribution is 6.32. The minimum atomic E-state index is 0.266. The molecular formula is C26H27ClN6O2. The molecule has 0 bridgehead atoms. The first-order chi connectivity index (χ1) is 17.2. The molecular weight excluding hydrogens is 464 g/mol. The van der Waals surface area contributed by atoms with Gasteiger partial charge in [0.2, 0.25) is 0 Å². The van der Waals surface area contributed by atoms with Crippen LogP contribution in [0.3, 0.4) is 0 Å². The molecule has 1 saturated heterocycles. The Hall–Kier alpha value is -3.46. The zero-order valence-corrected chi connectivity index (χ0v) is 20.2. The fourth-order valence-electron chi connectivity index (χ4n) is 4.05. The van der Waals surface area contributed by atoms with Crippen molar-refractivity contribution in [2.45, 2.75) is 12.6 Å². The van der Waals surface area contributed by atoms with Gasteiger partial charge in [0.05, 0.1) is 27.7 Å². The number of likely N-dealkylation sites (N-methyl/N-ethyl adjacent to an activating group) is 1. The van der Waals surface area contributed by atoms with Crippen LogP contribution in [0.5, 0.6) is 11.5 Å². The average molecular weight is 491 g/mol. The minimum Gasteiger partial charge on any atom is -0.491 e. The minimum absolute atomic E-state index is 0.266. The molecule has 3 heterocycles. The number of nitrogens with one attached hydrogen (secondary N) is 2. The van der Waals surface area contributed by atoms with Crippen molar-refractivity contribution in [3.8, 4) is 11.5 Å². The van der Waals surface area contributed by atoms with E-state index in [4.69, 9.17) is 21.1 Å². The molecule has 180 valence electrons. The summed E-state index contributed by atoms with van der Waals surface area (Å²) in [5.41, 5.74) is 2.42. The Morgan fingerprint density at radius 3 is 2.83 bits per heavy atom. The number of aromatic nitrogens is 3. The third-order valence-electron chi connectivity index (χ3n) is 5.82. The van der Waals surface area contributed by atoms with E-state index in [0.29, 0.717) is 29.8 Å². The quantitative estimate of drug-likeness (QED) is 0.378. The number of hydrogen-bond acceptors (Lipinski definition) is 8. The molecule has 8 nitrogen and oxygen atoms in total. The van der Waals surface area contributed by atoms with Crippen molar-refractivity contribution in [1.29, 1.82) is 0 Å². The number of piperazine rings is 1. The van der Waals surface area contributed by atoms with Gasteiger partial charge in [0.25, 0.3) is 0 Å². The molecule has 1 aliphatic heterocycles. The number of ether oxygens (including phenoxy) is 2. The molecule has 0 aliphatic carbocycles. The van der Waals surface area contributed by atoms with Crippen LogP contribution in [0, 0.1) is 0 Å². The molecule has 0 saturated carbocycles. The topological polar surface area (TPSA) is 84.4 Å². The molecule has 4 aromatic rings. The van der Waals surface area contributed by atoms with Gasteiger partial charge in [0.1, 0.15) is 36.9 Å². The van der Waals surface area contributed by atoms with E-state index >= 15 is 0 Å². The van der Waals surface area contributed by atoms with Gasteiger partial charge in [-0.05, 0) is 49.5 Å². The fraction of sp³-hybridized carbons (Fsp3) is 0.269. The van der Waals surface area contributed by atoms with Crippen molar-refractivity contribution in [2.75, 3.05) is 38.6 Å². The summed E-state index contributed by atoms with van der Waals surface area (Å²) in [6.45, 7) is 3.85. The first kappa shape index (κ1) is 23.3. The van der Waals surface area contributed by atoms with Crippen molar-refractivity contribution in [3.05, 3.63) is 77.8 Å². The van der Waals surface area contributed by atoms with Crippen molar-refractivity contribution >= 4 is 34.0 Å². The molecule has 2 N–H and O–H groups in total. The van der Waals surface area contributed by atoms with E-state index in [0.717, 1.165) is 47.7 Å². The van der Waals surface area contributed by atoms with Crippen LogP contribution in [0.2, 0.25) is 5.02 Å². The summed E-state index contributed by atoms with van der Waals surface area (Å²) in [6, 6.07) is 17.4. The van der Waals surface area contributed by atoms with Gasteiger partial charge < -0.3 is 25.0 Å². The Morgan fingerprint density at radius 2 is 2.00 bits per heavy atom. The maximum Gasteiger partial charge on any atom is 0.145 e. The normalized spacial score (nSPS) is 16.2. The molecule has 0 spiro atoms. The number of nitrogens with zero attached hydrogens (tertiary/aromatic N) is 4. The van der Waals surface area contributed by atoms with Gasteiger partial charge in [-0.1, -0.05) is 23.7 Å². The summed E-state index contributed by atoms with van der Waals surface area (Å²) in [5.74, 6) is 1.98. The van der Waals surface area contributed by atoms with E-state index in [1.807, 2.05) is 54.6 Å². The van der Waals surface area contributed by atoms with E-state index in [1.165, 1.54) is 6.33 Å². The van der Waals surface area contributed by atoms with Gasteiger partial charge >= 0.3 is 0 Å². The van der Waals surface area contributed by atoms with Crippen LogP contribution >= 0.6 is 11.6 Å². The SMILES string of the molecule is CN1CCN[C@@H](COc2cccc3ncnc(Nc4ccc(OCc5ccccn5)c(Cl)c4)c23)C1. The summed E-state index contributed by atoms with van der Waals surface area (Å²) in [4.78, 5) is 15.5. The molecule has 0 amide bonds. The molecule has 2 aromatic heterocycles. The monoisotopic (exact) mass is 490 g/mol. The molecule has 5 rings (SSSR count). The number of pyridine rings is 1. The Bertz CT molecular complexity index is 1280. The molecule has 1 atom stereocenters. The van der Waals surface area contributed by atoms with Gasteiger partial charge in [0.15, 0.2) is 0 Å². The highest BCUT2D eigenvalue weighted by atomic mass is 35.5. The van der Waals surface area contributed by atoms with Crippen LogP contribution in [0.1, 0.15) is 5.69 Å². The highest BCUT2D eigenvalue weighted by Crippen LogP contribution is 2.34. The van der Waals surface area contributed by atoms with Crippen LogP contribution in [0.15, 0.2) is 67.1 Å². The summed E-state index contributed by atoms with van der Waals surface area (Å²) < 4.78 is 12.1. The lowest BCUT2D eigenvalue weighted by atomic mass is 10.2.